The van der Waals surface area contributed by atoms with Crippen LogP contribution in [-0.4, -0.2) is 9.78 Å². The molecule has 2 nitrogen and oxygen atoms in total. The molecule has 0 fully saturated rings. The summed E-state index contributed by atoms with van der Waals surface area (Å²) in [5, 5.41) is 4.12. The normalized spacial score (nSPS) is 11.6. The van der Waals surface area contributed by atoms with Crippen molar-refractivity contribution in [1.29, 1.82) is 0 Å². The second-order valence-electron chi connectivity index (χ2n) is 3.16. The van der Waals surface area contributed by atoms with Crippen LogP contribution in [0.25, 0.3) is 11.8 Å². The van der Waals surface area contributed by atoms with Crippen LogP contribution in [-0.2, 0) is 0 Å². The van der Waals surface area contributed by atoms with E-state index in [1.54, 1.807) is 6.20 Å². The van der Waals surface area contributed by atoms with E-state index < -0.39 is 0 Å². The van der Waals surface area contributed by atoms with Gasteiger partial charge in [0, 0.05) is 18.6 Å². The number of allylic oxidation sites excluding steroid dienone is 1. The van der Waals surface area contributed by atoms with E-state index in [1.165, 1.54) is 11.1 Å². The van der Waals surface area contributed by atoms with Crippen molar-refractivity contribution in [2.45, 2.75) is 6.92 Å². The molecule has 0 saturated heterocycles. The molecule has 0 radical (unpaired) electrons. The van der Waals surface area contributed by atoms with Gasteiger partial charge in [-0.05, 0) is 24.1 Å². The molecule has 2 aromatic rings. The van der Waals surface area contributed by atoms with Crippen molar-refractivity contribution in [3.63, 3.8) is 0 Å². The lowest BCUT2D eigenvalue weighted by Crippen LogP contribution is -1.87. The van der Waals surface area contributed by atoms with Crippen molar-refractivity contribution in [3.8, 4) is 0 Å². The molecule has 0 amide bonds. The molecule has 0 aliphatic heterocycles. The van der Waals surface area contributed by atoms with E-state index in [0.29, 0.717) is 0 Å². The molecule has 0 atom stereocenters. The fourth-order valence-electron chi connectivity index (χ4n) is 1.33. The molecule has 0 saturated carbocycles. The lowest BCUT2D eigenvalue weighted by atomic mass is 10.1. The molecule has 14 heavy (non-hydrogen) atoms. The van der Waals surface area contributed by atoms with Crippen LogP contribution >= 0.6 is 0 Å². The van der Waals surface area contributed by atoms with Crippen LogP contribution in [0.15, 0.2) is 48.8 Å². The van der Waals surface area contributed by atoms with Crippen LogP contribution in [0.1, 0.15) is 12.5 Å². The third-order valence-electron chi connectivity index (χ3n) is 2.08. The van der Waals surface area contributed by atoms with Gasteiger partial charge in [0.1, 0.15) is 0 Å². The maximum Gasteiger partial charge on any atom is 0.0493 e. The fraction of sp³-hybridized carbons (Fsp3) is 0.0833. The van der Waals surface area contributed by atoms with E-state index in [0.717, 1.165) is 0 Å². The van der Waals surface area contributed by atoms with Crippen molar-refractivity contribution < 1.29 is 0 Å². The first-order chi connectivity index (χ1) is 6.86. The van der Waals surface area contributed by atoms with E-state index in [1.807, 2.05) is 41.3 Å². The Morgan fingerprint density at radius 3 is 2.64 bits per heavy atom. The van der Waals surface area contributed by atoms with Crippen LogP contribution in [0, 0.1) is 0 Å². The fourth-order valence-corrected chi connectivity index (χ4v) is 1.33. The monoisotopic (exact) mass is 184 g/mol. The molecular formula is C12H12N2. The molecule has 0 N–H and O–H groups in total. The summed E-state index contributed by atoms with van der Waals surface area (Å²) in [7, 11) is 0. The van der Waals surface area contributed by atoms with Gasteiger partial charge in [-0.25, -0.2) is 4.68 Å². The topological polar surface area (TPSA) is 17.8 Å². The van der Waals surface area contributed by atoms with E-state index in [9.17, 15) is 0 Å². The van der Waals surface area contributed by atoms with E-state index in [4.69, 9.17) is 0 Å². The summed E-state index contributed by atoms with van der Waals surface area (Å²) in [4.78, 5) is 0. The Bertz CT molecular complexity index is 413. The van der Waals surface area contributed by atoms with Crippen molar-refractivity contribution in [3.05, 3.63) is 54.4 Å². The SMILES string of the molecule is C/C(=C\n1cccn1)c1ccccc1. The van der Waals surface area contributed by atoms with E-state index in [2.05, 4.69) is 24.2 Å². The van der Waals surface area contributed by atoms with Crippen molar-refractivity contribution in [1.82, 2.24) is 9.78 Å². The minimum atomic E-state index is 1.20. The highest BCUT2D eigenvalue weighted by atomic mass is 15.2. The molecular weight excluding hydrogens is 172 g/mol. The summed E-state index contributed by atoms with van der Waals surface area (Å²) in [6, 6.07) is 12.2. The van der Waals surface area contributed by atoms with Crippen LogP contribution < -0.4 is 0 Å². The number of aromatic nitrogens is 2. The quantitative estimate of drug-likeness (QED) is 0.701. The Hall–Kier alpha value is -1.83. The highest BCUT2D eigenvalue weighted by molar-refractivity contribution is 5.73. The summed E-state index contributed by atoms with van der Waals surface area (Å²) in [6.45, 7) is 2.08. The molecule has 70 valence electrons. The summed E-state index contributed by atoms with van der Waals surface area (Å²) < 4.78 is 1.81. The molecule has 2 rings (SSSR count). The average molecular weight is 184 g/mol. The molecule has 0 unspecified atom stereocenters. The van der Waals surface area contributed by atoms with Gasteiger partial charge >= 0.3 is 0 Å². The molecule has 0 aliphatic rings. The standard InChI is InChI=1S/C12H12N2/c1-11(10-14-9-5-8-13-14)12-6-3-2-4-7-12/h2-10H,1H3/b11-10+. The first-order valence-corrected chi connectivity index (χ1v) is 4.59. The van der Waals surface area contributed by atoms with Gasteiger partial charge in [-0.3, -0.25) is 0 Å². The second-order valence-corrected chi connectivity index (χ2v) is 3.16. The molecule has 1 aromatic heterocycles. The Balaban J connectivity index is 2.29. The summed E-state index contributed by atoms with van der Waals surface area (Å²) >= 11 is 0. The van der Waals surface area contributed by atoms with Gasteiger partial charge in [-0.15, -0.1) is 0 Å². The molecule has 0 spiro atoms. The van der Waals surface area contributed by atoms with Gasteiger partial charge in [-0.1, -0.05) is 30.3 Å². The van der Waals surface area contributed by atoms with Gasteiger partial charge in [-0.2, -0.15) is 5.10 Å². The minimum Gasteiger partial charge on any atom is -0.248 e. The van der Waals surface area contributed by atoms with Gasteiger partial charge in [0.15, 0.2) is 0 Å². The number of hydrogen-bond acceptors (Lipinski definition) is 1. The van der Waals surface area contributed by atoms with Gasteiger partial charge in [0.25, 0.3) is 0 Å². The van der Waals surface area contributed by atoms with Crippen molar-refractivity contribution in [2.75, 3.05) is 0 Å². The smallest absolute Gasteiger partial charge is 0.0493 e. The van der Waals surface area contributed by atoms with E-state index >= 15 is 0 Å². The highest BCUT2D eigenvalue weighted by Crippen LogP contribution is 2.13. The molecule has 1 aromatic carbocycles. The summed E-state index contributed by atoms with van der Waals surface area (Å²) in [5.74, 6) is 0. The third kappa shape index (κ3) is 1.91. The van der Waals surface area contributed by atoms with Crippen LogP contribution in [0.5, 0.6) is 0 Å². The number of nitrogens with zero attached hydrogens (tertiary/aromatic N) is 2. The van der Waals surface area contributed by atoms with Crippen LogP contribution in [0.4, 0.5) is 0 Å². The predicted molar refractivity (Wildman–Crippen MR) is 58.5 cm³/mol. The van der Waals surface area contributed by atoms with Crippen LogP contribution in [0.2, 0.25) is 0 Å². The Morgan fingerprint density at radius 2 is 2.00 bits per heavy atom. The molecule has 1 heterocycles. The van der Waals surface area contributed by atoms with Crippen LogP contribution in [0.3, 0.4) is 0 Å². The number of hydrogen-bond donors (Lipinski definition) is 0. The first kappa shape index (κ1) is 8.75. The Morgan fingerprint density at radius 1 is 1.21 bits per heavy atom. The number of benzene rings is 1. The summed E-state index contributed by atoms with van der Waals surface area (Å²) in [5.41, 5.74) is 2.43. The maximum atomic E-state index is 4.12. The highest BCUT2D eigenvalue weighted by Gasteiger charge is 1.93. The lowest BCUT2D eigenvalue weighted by molar-refractivity contribution is 0.935. The van der Waals surface area contributed by atoms with Gasteiger partial charge in [0.2, 0.25) is 0 Å². The van der Waals surface area contributed by atoms with Gasteiger partial charge < -0.3 is 0 Å². The van der Waals surface area contributed by atoms with Crippen molar-refractivity contribution >= 4 is 11.8 Å². The Labute approximate surface area is 83.5 Å². The molecule has 2 heteroatoms. The zero-order chi connectivity index (χ0) is 9.80. The maximum absolute atomic E-state index is 4.12. The van der Waals surface area contributed by atoms with E-state index in [-0.39, 0.29) is 0 Å². The lowest BCUT2D eigenvalue weighted by Gasteiger charge is -2.00. The zero-order valence-corrected chi connectivity index (χ0v) is 8.09. The molecule has 0 bridgehead atoms. The predicted octanol–water partition coefficient (Wildman–Crippen LogP) is 2.90. The second kappa shape index (κ2) is 3.92. The third-order valence-corrected chi connectivity index (χ3v) is 2.08. The van der Waals surface area contributed by atoms with Gasteiger partial charge in [0.05, 0.1) is 0 Å². The molecule has 0 aliphatic carbocycles. The van der Waals surface area contributed by atoms with Crippen molar-refractivity contribution in [2.24, 2.45) is 0 Å². The summed E-state index contributed by atoms with van der Waals surface area (Å²) in [6.07, 6.45) is 5.70. The Kier molecular flexibility index (Phi) is 2.45. The number of rotatable bonds is 2. The largest absolute Gasteiger partial charge is 0.248 e. The average Bonchev–Trinajstić information content (AvgIpc) is 2.72. The zero-order valence-electron chi connectivity index (χ0n) is 8.09. The minimum absolute atomic E-state index is 1.20. The first-order valence-electron chi connectivity index (χ1n) is 4.59.